The summed E-state index contributed by atoms with van der Waals surface area (Å²) in [7, 11) is 0. The van der Waals surface area contributed by atoms with Gasteiger partial charge in [-0.2, -0.15) is 0 Å². The van der Waals surface area contributed by atoms with Crippen molar-refractivity contribution in [1.29, 1.82) is 0 Å². The molecule has 0 bridgehead atoms. The van der Waals surface area contributed by atoms with Gasteiger partial charge in [-0.25, -0.2) is 0 Å². The van der Waals surface area contributed by atoms with Gasteiger partial charge in [0.1, 0.15) is 18.9 Å². The number of hydrogen-bond acceptors (Lipinski definition) is 5. The van der Waals surface area contributed by atoms with E-state index in [-0.39, 0.29) is 20.0 Å². The van der Waals surface area contributed by atoms with E-state index in [0.29, 0.717) is 0 Å². The smallest absolute Gasteiger partial charge is 0.302 e. The van der Waals surface area contributed by atoms with Crippen molar-refractivity contribution >= 4 is 5.97 Å². The van der Waals surface area contributed by atoms with Gasteiger partial charge >= 0.3 is 5.97 Å². The van der Waals surface area contributed by atoms with Gasteiger partial charge < -0.3 is 14.2 Å². The van der Waals surface area contributed by atoms with Crippen LogP contribution < -0.4 is 0 Å². The maximum atomic E-state index is 10.7. The van der Waals surface area contributed by atoms with Crippen LogP contribution in [0.5, 0.6) is 0 Å². The molecule has 0 unspecified atom stereocenters. The van der Waals surface area contributed by atoms with Crippen LogP contribution >= 0.6 is 0 Å². The Morgan fingerprint density at radius 3 is 2.93 bits per heavy atom. The van der Waals surface area contributed by atoms with Crippen LogP contribution in [0.3, 0.4) is 0 Å². The van der Waals surface area contributed by atoms with Gasteiger partial charge in [0.25, 0.3) is 0 Å². The second-order valence-electron chi connectivity index (χ2n) is 2.78. The molecule has 0 aromatic carbocycles. The monoisotopic (exact) mass is 201 g/mol. The van der Waals surface area contributed by atoms with Crippen LogP contribution in [0.4, 0.5) is 0 Å². The average Bonchev–Trinajstić information content (AvgIpc) is 2.32. The van der Waals surface area contributed by atoms with Crippen molar-refractivity contribution in [2.75, 3.05) is 20.0 Å². The SMILES string of the molecule is CC(=O)O[C@@H]1COCOC[C@H]1N=[N+]=[N-]. The van der Waals surface area contributed by atoms with Gasteiger partial charge in [0.15, 0.2) is 0 Å². The molecule has 1 rings (SSSR count). The summed E-state index contributed by atoms with van der Waals surface area (Å²) < 4.78 is 14.9. The van der Waals surface area contributed by atoms with Gasteiger partial charge in [-0.05, 0) is 5.53 Å². The molecule has 0 amide bonds. The summed E-state index contributed by atoms with van der Waals surface area (Å²) in [6.45, 7) is 1.79. The summed E-state index contributed by atoms with van der Waals surface area (Å²) in [4.78, 5) is 13.4. The highest BCUT2D eigenvalue weighted by Gasteiger charge is 2.26. The molecule has 7 heteroatoms. The van der Waals surface area contributed by atoms with Crippen LogP contribution in [0.2, 0.25) is 0 Å². The number of nitrogens with zero attached hydrogens (tertiary/aromatic N) is 3. The van der Waals surface area contributed by atoms with Crippen molar-refractivity contribution in [2.24, 2.45) is 5.11 Å². The first-order valence-corrected chi connectivity index (χ1v) is 4.11. The molecule has 0 aromatic rings. The number of esters is 1. The van der Waals surface area contributed by atoms with Crippen LogP contribution in [0.25, 0.3) is 10.4 Å². The molecule has 14 heavy (non-hydrogen) atoms. The number of carbonyl (C=O) groups excluding carboxylic acids is 1. The Hall–Kier alpha value is -1.30. The quantitative estimate of drug-likeness (QED) is 0.283. The van der Waals surface area contributed by atoms with Gasteiger partial charge in [-0.15, -0.1) is 0 Å². The highest BCUT2D eigenvalue weighted by Crippen LogP contribution is 2.10. The van der Waals surface area contributed by atoms with Gasteiger partial charge in [0.05, 0.1) is 13.2 Å². The molecular weight excluding hydrogens is 190 g/mol. The Morgan fingerprint density at radius 1 is 1.57 bits per heavy atom. The zero-order valence-corrected chi connectivity index (χ0v) is 7.75. The number of carbonyl (C=O) groups is 1. The van der Waals surface area contributed by atoms with Crippen molar-refractivity contribution in [3.8, 4) is 0 Å². The van der Waals surface area contributed by atoms with E-state index in [4.69, 9.17) is 19.7 Å². The molecule has 1 aliphatic rings. The van der Waals surface area contributed by atoms with Gasteiger partial charge in [0, 0.05) is 11.8 Å². The zero-order valence-electron chi connectivity index (χ0n) is 7.75. The largest absolute Gasteiger partial charge is 0.460 e. The molecule has 1 saturated heterocycles. The molecular formula is C7H11N3O4. The maximum Gasteiger partial charge on any atom is 0.302 e. The Kier molecular flexibility index (Phi) is 4.18. The first-order valence-electron chi connectivity index (χ1n) is 4.11. The number of hydrogen-bond donors (Lipinski definition) is 0. The van der Waals surface area contributed by atoms with Crippen molar-refractivity contribution < 1.29 is 19.0 Å². The topological polar surface area (TPSA) is 93.5 Å². The third-order valence-corrected chi connectivity index (χ3v) is 1.68. The maximum absolute atomic E-state index is 10.7. The van der Waals surface area contributed by atoms with E-state index in [9.17, 15) is 4.79 Å². The molecule has 0 saturated carbocycles. The minimum absolute atomic E-state index is 0.120. The number of rotatable bonds is 2. The zero-order chi connectivity index (χ0) is 10.4. The molecule has 2 atom stereocenters. The van der Waals surface area contributed by atoms with Crippen LogP contribution in [0, 0.1) is 0 Å². The highest BCUT2D eigenvalue weighted by molar-refractivity contribution is 5.66. The molecule has 0 spiro atoms. The van der Waals surface area contributed by atoms with E-state index in [1.807, 2.05) is 0 Å². The standard InChI is InChI=1S/C7H11N3O4/c1-5(11)14-7-3-13-4-12-2-6(7)9-10-8/h6-7H,2-4H2,1H3/t6-,7-/m1/s1. The number of ether oxygens (including phenoxy) is 3. The van der Waals surface area contributed by atoms with Crippen LogP contribution in [0.15, 0.2) is 5.11 Å². The summed E-state index contributed by atoms with van der Waals surface area (Å²) >= 11 is 0. The van der Waals surface area contributed by atoms with Gasteiger partial charge in [-0.1, -0.05) is 5.11 Å². The van der Waals surface area contributed by atoms with Crippen molar-refractivity contribution in [3.63, 3.8) is 0 Å². The molecule has 7 nitrogen and oxygen atoms in total. The van der Waals surface area contributed by atoms with E-state index in [0.717, 1.165) is 0 Å². The van der Waals surface area contributed by atoms with Gasteiger partial charge in [-0.3, -0.25) is 4.79 Å². The third-order valence-electron chi connectivity index (χ3n) is 1.68. The van der Waals surface area contributed by atoms with Crippen molar-refractivity contribution in [3.05, 3.63) is 10.4 Å². The summed E-state index contributed by atoms with van der Waals surface area (Å²) in [5.41, 5.74) is 8.28. The third kappa shape index (κ3) is 3.21. The Labute approximate surface area is 80.6 Å². The minimum Gasteiger partial charge on any atom is -0.460 e. The summed E-state index contributed by atoms with van der Waals surface area (Å²) in [6, 6.07) is -0.522. The van der Waals surface area contributed by atoms with Gasteiger partial charge in [0.2, 0.25) is 0 Å². The minimum atomic E-state index is -0.564. The summed E-state index contributed by atoms with van der Waals surface area (Å²) in [5.74, 6) is -0.432. The van der Waals surface area contributed by atoms with E-state index in [2.05, 4.69) is 10.0 Å². The Balaban J connectivity index is 2.63. The number of azide groups is 1. The Bertz CT molecular complexity index is 251. The molecule has 0 aromatic heterocycles. The second kappa shape index (κ2) is 5.43. The second-order valence-corrected chi connectivity index (χ2v) is 2.78. The molecule has 0 aliphatic carbocycles. The normalized spacial score (nSPS) is 27.2. The van der Waals surface area contributed by atoms with E-state index in [1.54, 1.807) is 0 Å². The van der Waals surface area contributed by atoms with E-state index < -0.39 is 18.1 Å². The average molecular weight is 201 g/mol. The lowest BCUT2D eigenvalue weighted by atomic mass is 10.2. The Morgan fingerprint density at radius 2 is 2.29 bits per heavy atom. The fraction of sp³-hybridized carbons (Fsp3) is 0.857. The highest BCUT2D eigenvalue weighted by atomic mass is 16.7. The van der Waals surface area contributed by atoms with Crippen LogP contribution in [-0.4, -0.2) is 38.1 Å². The van der Waals surface area contributed by atoms with Crippen LogP contribution in [0.1, 0.15) is 6.92 Å². The first-order chi connectivity index (χ1) is 6.74. The molecule has 78 valence electrons. The lowest BCUT2D eigenvalue weighted by Crippen LogP contribution is -2.34. The predicted octanol–water partition coefficient (Wildman–Crippen LogP) is 0.601. The van der Waals surface area contributed by atoms with E-state index in [1.165, 1.54) is 6.92 Å². The fourth-order valence-electron chi connectivity index (χ4n) is 1.11. The lowest BCUT2D eigenvalue weighted by molar-refractivity contribution is -0.149. The summed E-state index contributed by atoms with van der Waals surface area (Å²) in [5, 5.41) is 3.48. The van der Waals surface area contributed by atoms with E-state index >= 15 is 0 Å². The molecule has 1 aliphatic heterocycles. The van der Waals surface area contributed by atoms with Crippen LogP contribution in [-0.2, 0) is 19.0 Å². The molecule has 1 fully saturated rings. The predicted molar refractivity (Wildman–Crippen MR) is 45.3 cm³/mol. The fourth-order valence-corrected chi connectivity index (χ4v) is 1.11. The molecule has 0 N–H and O–H groups in total. The van der Waals surface area contributed by atoms with Crippen molar-refractivity contribution in [1.82, 2.24) is 0 Å². The molecule has 0 radical (unpaired) electrons. The lowest BCUT2D eigenvalue weighted by Gasteiger charge is -2.18. The molecule has 1 heterocycles. The van der Waals surface area contributed by atoms with Crippen molar-refractivity contribution in [2.45, 2.75) is 19.1 Å². The first kappa shape index (κ1) is 10.8. The summed E-state index contributed by atoms with van der Waals surface area (Å²) in [6.07, 6.45) is -0.564.